The third kappa shape index (κ3) is 15.3. The van der Waals surface area contributed by atoms with E-state index >= 15 is 0 Å². The van der Waals surface area contributed by atoms with Gasteiger partial charge in [0.1, 0.15) is 12.6 Å². The fourth-order valence-electron chi connectivity index (χ4n) is 2.12. The number of carbonyl (C=O) groups excluding carboxylic acids is 2. The second-order valence-corrected chi connectivity index (χ2v) is 8.17. The first-order valence-corrected chi connectivity index (χ1v) is 11.6. The number of rotatable bonds is 18. The Bertz CT molecular complexity index is 571. The fraction of sp³-hybridized carbons (Fsp3) is 0.833. The molecule has 0 fully saturated rings. The van der Waals surface area contributed by atoms with Crippen LogP contribution in [0.5, 0.6) is 0 Å². The van der Waals surface area contributed by atoms with Gasteiger partial charge in [0.05, 0.1) is 13.2 Å². The van der Waals surface area contributed by atoms with Crippen molar-refractivity contribution in [2.45, 2.75) is 77.4 Å². The highest BCUT2D eigenvalue weighted by Crippen LogP contribution is 2.43. The molecule has 0 aromatic rings. The zero-order valence-corrected chi connectivity index (χ0v) is 18.5. The highest BCUT2D eigenvalue weighted by atomic mass is 31.2. The van der Waals surface area contributed by atoms with Crippen LogP contribution in [-0.2, 0) is 37.5 Å². The number of carboxylic acids is 1. The van der Waals surface area contributed by atoms with Crippen molar-refractivity contribution in [3.63, 3.8) is 0 Å². The molecule has 0 bridgehead atoms. The molecule has 0 saturated carbocycles. The molecule has 3 atom stereocenters. The molecule has 0 spiro atoms. The van der Waals surface area contributed by atoms with Crippen LogP contribution in [-0.4, -0.2) is 59.9 Å². The topological polar surface area (TPSA) is 172 Å². The molecule has 0 amide bonds. The molecule has 0 radical (unpaired) electrons. The molecule has 30 heavy (non-hydrogen) atoms. The highest BCUT2D eigenvalue weighted by Gasteiger charge is 2.28. The average molecular weight is 455 g/mol. The van der Waals surface area contributed by atoms with Crippen LogP contribution >= 0.6 is 7.82 Å². The third-order valence-electron chi connectivity index (χ3n) is 3.86. The van der Waals surface area contributed by atoms with Crippen LogP contribution in [0.4, 0.5) is 0 Å². The summed E-state index contributed by atoms with van der Waals surface area (Å²) in [6, 6.07) is -1.51. The maximum absolute atomic E-state index is 11.9. The number of hydrogen-bond donors (Lipinski definition) is 3. The first kappa shape index (κ1) is 28.5. The smallest absolute Gasteiger partial charge is 0.472 e. The van der Waals surface area contributed by atoms with Crippen LogP contribution in [0.25, 0.3) is 0 Å². The number of hydrogen-bond acceptors (Lipinski definition) is 9. The van der Waals surface area contributed by atoms with Crippen molar-refractivity contribution in [1.82, 2.24) is 0 Å². The van der Waals surface area contributed by atoms with Crippen molar-refractivity contribution in [3.8, 4) is 0 Å². The van der Waals surface area contributed by atoms with Crippen molar-refractivity contribution >= 4 is 25.7 Å². The molecule has 0 aliphatic rings. The molecule has 1 unspecified atom stereocenters. The van der Waals surface area contributed by atoms with Gasteiger partial charge in [0.2, 0.25) is 0 Å². The molecule has 0 aromatic heterocycles. The molecule has 12 heteroatoms. The summed E-state index contributed by atoms with van der Waals surface area (Å²) in [4.78, 5) is 44.0. The molecule has 4 N–H and O–H groups in total. The van der Waals surface area contributed by atoms with Crippen LogP contribution in [0.1, 0.15) is 65.2 Å². The van der Waals surface area contributed by atoms with Gasteiger partial charge >= 0.3 is 25.7 Å². The lowest BCUT2D eigenvalue weighted by Gasteiger charge is -2.20. The van der Waals surface area contributed by atoms with Crippen LogP contribution in [0.2, 0.25) is 0 Å². The standard InChI is InChI=1S/C18H34NO10P/c1-3-5-7-9-16(20)26-11-14(29-17(21)10-8-6-4-2)12-27-30(24,25)28-13-15(19)18(22)23/h14-15H,3-13,19H2,1-2H3,(H,22,23)(H,24,25)/t14-,15+/m1/s1. The van der Waals surface area contributed by atoms with Crippen molar-refractivity contribution < 1.29 is 47.5 Å². The number of carbonyl (C=O) groups is 3. The molecular weight excluding hydrogens is 421 g/mol. The second-order valence-electron chi connectivity index (χ2n) is 6.71. The van der Waals surface area contributed by atoms with Gasteiger partial charge in [-0.15, -0.1) is 0 Å². The van der Waals surface area contributed by atoms with Gasteiger partial charge in [0.25, 0.3) is 0 Å². The van der Waals surface area contributed by atoms with E-state index in [0.717, 1.165) is 25.7 Å². The Labute approximate surface area is 176 Å². The number of phosphoric acid groups is 1. The summed E-state index contributed by atoms with van der Waals surface area (Å²) >= 11 is 0. The number of esters is 2. The zero-order valence-electron chi connectivity index (χ0n) is 17.6. The van der Waals surface area contributed by atoms with E-state index in [0.29, 0.717) is 12.8 Å². The predicted molar refractivity (Wildman–Crippen MR) is 106 cm³/mol. The summed E-state index contributed by atoms with van der Waals surface area (Å²) in [7, 11) is -4.65. The van der Waals surface area contributed by atoms with Gasteiger partial charge in [-0.25, -0.2) is 4.57 Å². The van der Waals surface area contributed by atoms with Crippen LogP contribution < -0.4 is 5.73 Å². The van der Waals surface area contributed by atoms with Gasteiger partial charge < -0.3 is 25.2 Å². The van der Waals surface area contributed by atoms with E-state index < -0.39 is 51.1 Å². The molecule has 0 aliphatic heterocycles. The van der Waals surface area contributed by atoms with E-state index in [1.54, 1.807) is 0 Å². The summed E-state index contributed by atoms with van der Waals surface area (Å²) < 4.78 is 31.4. The van der Waals surface area contributed by atoms with Gasteiger partial charge in [0, 0.05) is 12.8 Å². The maximum Gasteiger partial charge on any atom is 0.472 e. The fourth-order valence-corrected chi connectivity index (χ4v) is 2.90. The van der Waals surface area contributed by atoms with Crippen LogP contribution in [0, 0.1) is 0 Å². The first-order valence-electron chi connectivity index (χ1n) is 10.1. The second kappa shape index (κ2) is 16.2. The normalized spacial score (nSPS) is 15.1. The number of phosphoric ester groups is 1. The quantitative estimate of drug-likeness (QED) is 0.157. The average Bonchev–Trinajstić information content (AvgIpc) is 2.68. The van der Waals surface area contributed by atoms with E-state index in [9.17, 15) is 23.8 Å². The lowest BCUT2D eigenvalue weighted by atomic mass is 10.2. The van der Waals surface area contributed by atoms with E-state index in [2.05, 4.69) is 4.52 Å². The Balaban J connectivity index is 4.68. The van der Waals surface area contributed by atoms with Gasteiger partial charge in [-0.3, -0.25) is 23.4 Å². The summed E-state index contributed by atoms with van der Waals surface area (Å²) in [6.45, 7) is 2.29. The van der Waals surface area contributed by atoms with Crippen molar-refractivity contribution in [2.24, 2.45) is 5.73 Å². The zero-order chi connectivity index (χ0) is 23.0. The summed E-state index contributed by atoms with van der Waals surface area (Å²) in [5.41, 5.74) is 5.20. The minimum atomic E-state index is -4.65. The molecule has 0 saturated heterocycles. The monoisotopic (exact) mass is 455 g/mol. The van der Waals surface area contributed by atoms with E-state index in [1.807, 2.05) is 13.8 Å². The number of unbranched alkanes of at least 4 members (excludes halogenated alkanes) is 4. The Hall–Kier alpha value is -1.52. The van der Waals surface area contributed by atoms with Crippen LogP contribution in [0.15, 0.2) is 0 Å². The Kier molecular flexibility index (Phi) is 15.4. The molecule has 0 heterocycles. The molecule has 0 aromatic carbocycles. The summed E-state index contributed by atoms with van der Waals surface area (Å²) in [5, 5.41) is 8.66. The largest absolute Gasteiger partial charge is 0.480 e. The SMILES string of the molecule is CCCCCC(=O)OC[C@H](COP(=O)(O)OC[C@H](N)C(=O)O)OC(=O)CCCCC. The maximum atomic E-state index is 11.9. The predicted octanol–water partition coefficient (Wildman–Crippen LogP) is 2.15. The Morgan fingerprint density at radius 1 is 0.900 bits per heavy atom. The summed E-state index contributed by atoms with van der Waals surface area (Å²) in [6.07, 6.45) is 4.09. The number of carboxylic acid groups (broad SMARTS) is 1. The summed E-state index contributed by atoms with van der Waals surface area (Å²) in [5.74, 6) is -2.45. The number of ether oxygens (including phenoxy) is 2. The Morgan fingerprint density at radius 3 is 1.97 bits per heavy atom. The minimum Gasteiger partial charge on any atom is -0.480 e. The highest BCUT2D eigenvalue weighted by molar-refractivity contribution is 7.47. The lowest BCUT2D eigenvalue weighted by Crippen LogP contribution is -2.34. The Morgan fingerprint density at radius 2 is 1.43 bits per heavy atom. The minimum absolute atomic E-state index is 0.148. The van der Waals surface area contributed by atoms with E-state index in [1.165, 1.54) is 0 Å². The van der Waals surface area contributed by atoms with Gasteiger partial charge in [0.15, 0.2) is 6.10 Å². The van der Waals surface area contributed by atoms with Gasteiger partial charge in [-0.1, -0.05) is 39.5 Å². The van der Waals surface area contributed by atoms with Gasteiger partial charge in [-0.05, 0) is 12.8 Å². The number of nitrogens with two attached hydrogens (primary N) is 1. The molecule has 0 aliphatic carbocycles. The van der Waals surface area contributed by atoms with Crippen molar-refractivity contribution in [1.29, 1.82) is 0 Å². The lowest BCUT2D eigenvalue weighted by molar-refractivity contribution is -0.161. The van der Waals surface area contributed by atoms with E-state index in [-0.39, 0.29) is 19.4 Å². The molecule has 176 valence electrons. The first-order chi connectivity index (χ1) is 14.1. The molecule has 0 rings (SSSR count). The van der Waals surface area contributed by atoms with Crippen molar-refractivity contribution in [2.75, 3.05) is 19.8 Å². The number of aliphatic carboxylic acids is 1. The third-order valence-corrected chi connectivity index (χ3v) is 4.81. The van der Waals surface area contributed by atoms with Crippen molar-refractivity contribution in [3.05, 3.63) is 0 Å². The van der Waals surface area contributed by atoms with Crippen LogP contribution in [0.3, 0.4) is 0 Å². The van der Waals surface area contributed by atoms with E-state index in [4.69, 9.17) is 24.8 Å². The molecular formula is C18H34NO10P. The van der Waals surface area contributed by atoms with Gasteiger partial charge in [-0.2, -0.15) is 0 Å². The molecule has 11 nitrogen and oxygen atoms in total.